The Hall–Kier alpha value is -2.64. The number of rotatable bonds is 6. The van der Waals surface area contributed by atoms with E-state index in [0.717, 1.165) is 24.2 Å². The number of hydrogen-bond donors (Lipinski definition) is 0. The van der Waals surface area contributed by atoms with Crippen LogP contribution < -0.4 is 9.47 Å². The van der Waals surface area contributed by atoms with Crippen molar-refractivity contribution in [3.8, 4) is 11.5 Å². The van der Waals surface area contributed by atoms with Crippen LogP contribution in [0.3, 0.4) is 0 Å². The Kier molecular flexibility index (Phi) is 5.39. The molecule has 1 aromatic heterocycles. The molecular formula is C18H25N5O3. The normalized spacial score (nSPS) is 15.9. The van der Waals surface area contributed by atoms with Gasteiger partial charge in [-0.2, -0.15) is 0 Å². The lowest BCUT2D eigenvalue weighted by Gasteiger charge is -2.33. The van der Waals surface area contributed by atoms with Gasteiger partial charge in [-0.25, -0.2) is 4.68 Å². The number of benzene rings is 1. The molecule has 0 radical (unpaired) electrons. The number of carbonyl (C=O) groups is 1. The van der Waals surface area contributed by atoms with E-state index in [1.807, 2.05) is 17.0 Å². The van der Waals surface area contributed by atoms with Crippen LogP contribution in [-0.2, 0) is 17.8 Å². The van der Waals surface area contributed by atoms with Crippen molar-refractivity contribution in [1.29, 1.82) is 0 Å². The zero-order valence-corrected chi connectivity index (χ0v) is 15.7. The van der Waals surface area contributed by atoms with Gasteiger partial charge >= 0.3 is 0 Å². The fraction of sp³-hybridized carbons (Fsp3) is 0.556. The highest BCUT2D eigenvalue weighted by Gasteiger charge is 2.33. The molecule has 2 atom stereocenters. The minimum Gasteiger partial charge on any atom is -0.493 e. The Morgan fingerprint density at radius 1 is 1.23 bits per heavy atom. The summed E-state index contributed by atoms with van der Waals surface area (Å²) in [5.41, 5.74) is 2.27. The standard InChI is InChI=1S/C18H25N5O3/c1-5-12(2)17(23-11-19-20-21-23)18(24)22-7-6-13-8-15(25-3)16(26-4)9-14(13)10-22/h8-9,11-12,17H,5-7,10H2,1-4H3. The molecule has 1 amide bonds. The van der Waals surface area contributed by atoms with Crippen molar-refractivity contribution >= 4 is 5.91 Å². The molecule has 26 heavy (non-hydrogen) atoms. The second kappa shape index (κ2) is 7.72. The first kappa shape index (κ1) is 18.2. The first-order valence-corrected chi connectivity index (χ1v) is 8.84. The molecule has 0 spiro atoms. The van der Waals surface area contributed by atoms with E-state index in [4.69, 9.17) is 9.47 Å². The lowest BCUT2D eigenvalue weighted by atomic mass is 9.95. The van der Waals surface area contributed by atoms with Crippen LogP contribution in [0.4, 0.5) is 0 Å². The van der Waals surface area contributed by atoms with Crippen molar-refractivity contribution in [2.45, 2.75) is 39.3 Å². The summed E-state index contributed by atoms with van der Waals surface area (Å²) in [6, 6.07) is 3.57. The van der Waals surface area contributed by atoms with Gasteiger partial charge in [0.15, 0.2) is 11.5 Å². The van der Waals surface area contributed by atoms with Crippen molar-refractivity contribution in [2.75, 3.05) is 20.8 Å². The molecule has 1 aliphatic rings. The zero-order chi connectivity index (χ0) is 18.7. The zero-order valence-electron chi connectivity index (χ0n) is 15.7. The quantitative estimate of drug-likeness (QED) is 0.783. The number of nitrogens with zero attached hydrogens (tertiary/aromatic N) is 5. The molecule has 0 saturated heterocycles. The minimum absolute atomic E-state index is 0.0482. The molecule has 1 aliphatic heterocycles. The summed E-state index contributed by atoms with van der Waals surface area (Å²) in [6.45, 7) is 5.33. The van der Waals surface area contributed by atoms with Gasteiger partial charge in [-0.15, -0.1) is 5.10 Å². The topological polar surface area (TPSA) is 82.4 Å². The highest BCUT2D eigenvalue weighted by atomic mass is 16.5. The fourth-order valence-corrected chi connectivity index (χ4v) is 3.39. The second-order valence-electron chi connectivity index (χ2n) is 6.61. The van der Waals surface area contributed by atoms with Crippen LogP contribution in [-0.4, -0.2) is 51.8 Å². The van der Waals surface area contributed by atoms with Gasteiger partial charge in [0.1, 0.15) is 12.4 Å². The number of fused-ring (bicyclic) bond motifs is 1. The van der Waals surface area contributed by atoms with E-state index in [1.165, 1.54) is 11.9 Å². The Morgan fingerprint density at radius 3 is 2.50 bits per heavy atom. The molecular weight excluding hydrogens is 334 g/mol. The Balaban J connectivity index is 1.86. The van der Waals surface area contributed by atoms with Gasteiger partial charge in [-0.3, -0.25) is 4.79 Å². The van der Waals surface area contributed by atoms with Gasteiger partial charge in [-0.1, -0.05) is 20.3 Å². The lowest BCUT2D eigenvalue weighted by Crippen LogP contribution is -2.42. The van der Waals surface area contributed by atoms with Gasteiger partial charge in [0, 0.05) is 13.1 Å². The van der Waals surface area contributed by atoms with E-state index in [2.05, 4.69) is 29.4 Å². The van der Waals surface area contributed by atoms with Gasteiger partial charge in [0.2, 0.25) is 5.91 Å². The third-order valence-electron chi connectivity index (χ3n) is 5.12. The van der Waals surface area contributed by atoms with Crippen LogP contribution in [0, 0.1) is 5.92 Å². The molecule has 8 heteroatoms. The molecule has 140 valence electrons. The molecule has 3 rings (SSSR count). The fourth-order valence-electron chi connectivity index (χ4n) is 3.39. The second-order valence-corrected chi connectivity index (χ2v) is 6.61. The lowest BCUT2D eigenvalue weighted by molar-refractivity contribution is -0.137. The molecule has 2 aromatic rings. The van der Waals surface area contributed by atoms with Crippen LogP contribution in [0.15, 0.2) is 18.5 Å². The van der Waals surface area contributed by atoms with Crippen LogP contribution in [0.2, 0.25) is 0 Å². The monoisotopic (exact) mass is 359 g/mol. The summed E-state index contributed by atoms with van der Waals surface area (Å²) >= 11 is 0. The first-order chi connectivity index (χ1) is 12.6. The molecule has 2 heterocycles. The third kappa shape index (κ3) is 3.36. The summed E-state index contributed by atoms with van der Waals surface area (Å²) in [5.74, 6) is 1.58. The highest BCUT2D eigenvalue weighted by molar-refractivity contribution is 5.81. The molecule has 0 aliphatic carbocycles. The van der Waals surface area contributed by atoms with E-state index < -0.39 is 6.04 Å². The summed E-state index contributed by atoms with van der Waals surface area (Å²) in [7, 11) is 3.25. The average Bonchev–Trinajstić information content (AvgIpc) is 3.20. The molecule has 2 unspecified atom stereocenters. The maximum Gasteiger partial charge on any atom is 0.248 e. The van der Waals surface area contributed by atoms with Gasteiger partial charge in [0.25, 0.3) is 0 Å². The van der Waals surface area contributed by atoms with Crippen molar-refractivity contribution < 1.29 is 14.3 Å². The van der Waals surface area contributed by atoms with Crippen LogP contribution in [0.5, 0.6) is 11.5 Å². The molecule has 1 aromatic carbocycles. The molecule has 0 saturated carbocycles. The minimum atomic E-state index is -0.392. The average molecular weight is 359 g/mol. The van der Waals surface area contributed by atoms with Crippen LogP contribution >= 0.6 is 0 Å². The van der Waals surface area contributed by atoms with Crippen LogP contribution in [0.25, 0.3) is 0 Å². The summed E-state index contributed by atoms with van der Waals surface area (Å²) < 4.78 is 12.3. The number of hydrogen-bond acceptors (Lipinski definition) is 6. The van der Waals surface area contributed by atoms with E-state index in [9.17, 15) is 4.79 Å². The summed E-state index contributed by atoms with van der Waals surface area (Å²) in [4.78, 5) is 15.1. The predicted molar refractivity (Wildman–Crippen MR) is 95.0 cm³/mol. The molecule has 0 N–H and O–H groups in total. The van der Waals surface area contributed by atoms with Gasteiger partial charge in [0.05, 0.1) is 14.2 Å². The van der Waals surface area contributed by atoms with E-state index in [-0.39, 0.29) is 11.8 Å². The first-order valence-electron chi connectivity index (χ1n) is 8.84. The summed E-state index contributed by atoms with van der Waals surface area (Å²) in [6.07, 6.45) is 3.16. The van der Waals surface area contributed by atoms with Crippen molar-refractivity contribution in [3.63, 3.8) is 0 Å². The predicted octanol–water partition coefficient (Wildman–Crippen LogP) is 1.86. The maximum atomic E-state index is 13.2. The van der Waals surface area contributed by atoms with E-state index in [1.54, 1.807) is 18.9 Å². The Morgan fingerprint density at radius 2 is 1.92 bits per heavy atom. The molecule has 0 bridgehead atoms. The Bertz CT molecular complexity index is 762. The van der Waals surface area contributed by atoms with Crippen molar-refractivity contribution in [1.82, 2.24) is 25.1 Å². The van der Waals surface area contributed by atoms with Gasteiger partial charge < -0.3 is 14.4 Å². The number of carbonyl (C=O) groups excluding carboxylic acids is 1. The molecule has 0 fully saturated rings. The smallest absolute Gasteiger partial charge is 0.248 e. The number of ether oxygens (including phenoxy) is 2. The number of amides is 1. The van der Waals surface area contributed by atoms with Crippen LogP contribution in [0.1, 0.15) is 37.4 Å². The number of methoxy groups -OCH3 is 2. The van der Waals surface area contributed by atoms with Crippen molar-refractivity contribution in [3.05, 3.63) is 29.6 Å². The Labute approximate surface area is 153 Å². The third-order valence-corrected chi connectivity index (χ3v) is 5.12. The van der Waals surface area contributed by atoms with E-state index >= 15 is 0 Å². The largest absolute Gasteiger partial charge is 0.493 e. The maximum absolute atomic E-state index is 13.2. The SMILES string of the molecule is CCC(C)C(C(=O)N1CCc2cc(OC)c(OC)cc2C1)n1cnnn1. The van der Waals surface area contributed by atoms with Crippen molar-refractivity contribution in [2.24, 2.45) is 5.92 Å². The number of tetrazole rings is 1. The molecule has 8 nitrogen and oxygen atoms in total. The highest BCUT2D eigenvalue weighted by Crippen LogP contribution is 2.34. The number of aromatic nitrogens is 4. The van der Waals surface area contributed by atoms with E-state index in [0.29, 0.717) is 18.8 Å². The summed E-state index contributed by atoms with van der Waals surface area (Å²) in [5, 5.41) is 11.4. The van der Waals surface area contributed by atoms with Gasteiger partial charge in [-0.05, 0) is 46.0 Å².